The molecule has 0 aromatic heterocycles. The Labute approximate surface area is 247 Å². The van der Waals surface area contributed by atoms with Gasteiger partial charge in [0.1, 0.15) is 0 Å². The van der Waals surface area contributed by atoms with Gasteiger partial charge in [-0.2, -0.15) is 0 Å². The molecule has 0 aliphatic rings. The van der Waals surface area contributed by atoms with Crippen molar-refractivity contribution in [1.29, 1.82) is 0 Å². The minimum atomic E-state index is -1.19. The van der Waals surface area contributed by atoms with Crippen LogP contribution in [0.5, 0.6) is 0 Å². The molecule has 0 aromatic rings. The lowest BCUT2D eigenvalue weighted by molar-refractivity contribution is 0.339. The molecule has 0 spiro atoms. The first kappa shape index (κ1) is 37.9. The van der Waals surface area contributed by atoms with Crippen LogP contribution in [0.15, 0.2) is 133 Å². The first-order valence-corrected chi connectivity index (χ1v) is 14.3. The summed E-state index contributed by atoms with van der Waals surface area (Å²) in [5.41, 5.74) is 0.00871. The topological polar surface area (TPSA) is 0 Å². The van der Waals surface area contributed by atoms with Gasteiger partial charge in [0.2, 0.25) is 0 Å². The number of allylic oxidation sites excluding steroid dienone is 15. The average Bonchev–Trinajstić information content (AvgIpc) is 2.95. The molecule has 0 fully saturated rings. The molecule has 2 atom stereocenters. The molecule has 226 valence electrons. The van der Waals surface area contributed by atoms with Crippen LogP contribution in [0.2, 0.25) is 0 Å². The minimum Gasteiger partial charge on any atom is -0.203 e. The maximum Gasteiger partial charge on any atom is 0.166 e. The molecule has 0 bridgehead atoms. The van der Waals surface area contributed by atoms with Crippen LogP contribution in [0, 0.1) is 17.8 Å². The largest absolute Gasteiger partial charge is 0.203 e. The molecule has 0 saturated heterocycles. The molecule has 0 heterocycles. The Hall–Kier alpha value is -3.14. The Morgan fingerprint density at radius 2 is 1.15 bits per heavy atom. The fraction of sp³-hybridized carbons (Fsp3) is 0.405. The van der Waals surface area contributed by atoms with Crippen molar-refractivity contribution >= 4 is 0 Å². The molecule has 41 heavy (non-hydrogen) atoms. The van der Waals surface area contributed by atoms with Crippen molar-refractivity contribution in [3.05, 3.63) is 133 Å². The van der Waals surface area contributed by atoms with E-state index in [1.54, 1.807) is 13.0 Å². The van der Waals surface area contributed by atoms with Gasteiger partial charge in [-0.25, -0.2) is 17.6 Å². The lowest BCUT2D eigenvalue weighted by atomic mass is 9.86. The van der Waals surface area contributed by atoms with E-state index >= 15 is 0 Å². The Bertz CT molecular complexity index is 1130. The second-order valence-electron chi connectivity index (χ2n) is 11.3. The van der Waals surface area contributed by atoms with Crippen molar-refractivity contribution in [3.8, 4) is 0 Å². The van der Waals surface area contributed by atoms with Gasteiger partial charge in [-0.1, -0.05) is 104 Å². The Morgan fingerprint density at radius 1 is 0.659 bits per heavy atom. The van der Waals surface area contributed by atoms with Crippen molar-refractivity contribution in [2.45, 2.75) is 79.6 Å². The fourth-order valence-corrected chi connectivity index (χ4v) is 3.75. The maximum absolute atomic E-state index is 15.0. The normalized spacial score (nSPS) is 14.7. The van der Waals surface area contributed by atoms with Gasteiger partial charge in [0, 0.05) is 16.7 Å². The zero-order chi connectivity index (χ0) is 31.9. The van der Waals surface area contributed by atoms with Crippen LogP contribution in [-0.4, -0.2) is 0 Å². The Morgan fingerprint density at radius 3 is 1.63 bits per heavy atom. The summed E-state index contributed by atoms with van der Waals surface area (Å²) in [5, 5.41) is 0. The third-order valence-corrected chi connectivity index (χ3v) is 7.33. The predicted molar refractivity (Wildman–Crippen MR) is 172 cm³/mol. The quantitative estimate of drug-likeness (QED) is 0.0591. The molecule has 2 unspecified atom stereocenters. The zero-order valence-corrected chi connectivity index (χ0v) is 26.0. The van der Waals surface area contributed by atoms with E-state index in [0.717, 1.165) is 32.1 Å². The summed E-state index contributed by atoms with van der Waals surface area (Å²) in [6.45, 7) is 36.0. The highest BCUT2D eigenvalue weighted by Gasteiger charge is 2.18. The van der Waals surface area contributed by atoms with Crippen molar-refractivity contribution in [2.24, 2.45) is 17.8 Å². The van der Waals surface area contributed by atoms with Gasteiger partial charge < -0.3 is 0 Å². The van der Waals surface area contributed by atoms with E-state index in [0.29, 0.717) is 36.2 Å². The number of rotatable bonds is 20. The molecular formula is C37H50F4. The van der Waals surface area contributed by atoms with E-state index in [2.05, 4.69) is 73.7 Å². The van der Waals surface area contributed by atoms with E-state index in [4.69, 9.17) is 0 Å². The monoisotopic (exact) mass is 570 g/mol. The van der Waals surface area contributed by atoms with Crippen molar-refractivity contribution in [2.75, 3.05) is 0 Å². The van der Waals surface area contributed by atoms with Crippen LogP contribution < -0.4 is 0 Å². The van der Waals surface area contributed by atoms with Crippen molar-refractivity contribution in [1.82, 2.24) is 0 Å². The van der Waals surface area contributed by atoms with E-state index in [1.807, 2.05) is 6.08 Å². The van der Waals surface area contributed by atoms with Gasteiger partial charge in [0.25, 0.3) is 0 Å². The van der Waals surface area contributed by atoms with Crippen LogP contribution in [0.25, 0.3) is 0 Å². The molecule has 0 saturated carbocycles. The lowest BCUT2D eigenvalue weighted by Gasteiger charge is -2.20. The van der Waals surface area contributed by atoms with Crippen LogP contribution in [0.3, 0.4) is 0 Å². The first-order chi connectivity index (χ1) is 19.1. The van der Waals surface area contributed by atoms with Crippen LogP contribution in [-0.2, 0) is 0 Å². The predicted octanol–water partition coefficient (Wildman–Crippen LogP) is 13.0. The maximum atomic E-state index is 15.0. The van der Waals surface area contributed by atoms with E-state index in [-0.39, 0.29) is 33.4 Å². The van der Waals surface area contributed by atoms with E-state index in [1.165, 1.54) is 12.2 Å². The average molecular weight is 571 g/mol. The SMILES string of the molecule is C=CCCCCC(=C)/C(F)=C(/F)C(=C)C(=C)/C=C\C(=C)C(=C)/C(F)=C(/F)C(=C)/C(C)=C/CC(C)C(C)CCC(C)C. The minimum absolute atomic E-state index is 0.0321. The van der Waals surface area contributed by atoms with Crippen molar-refractivity contribution < 1.29 is 17.6 Å². The number of hydrogen-bond donors (Lipinski definition) is 0. The summed E-state index contributed by atoms with van der Waals surface area (Å²) in [6.07, 6.45) is 11.8. The van der Waals surface area contributed by atoms with Crippen LogP contribution >= 0.6 is 0 Å². The molecule has 0 radical (unpaired) electrons. The molecule has 0 N–H and O–H groups in total. The zero-order valence-electron chi connectivity index (χ0n) is 26.0. The second kappa shape index (κ2) is 19.1. The Balaban J connectivity index is 5.36. The van der Waals surface area contributed by atoms with Gasteiger partial charge in [-0.15, -0.1) is 6.58 Å². The van der Waals surface area contributed by atoms with E-state index < -0.39 is 23.3 Å². The standard InChI is InChI=1S/C37H50F4/c1-13-14-15-16-17-30(9)34(38)35(39)31(10)28(7)22-23-29(8)33(12)37(41)36(40)32(11)27(6)21-20-26(5)25(4)19-18-24(2)3/h13,21-26H,1,7-12,14-20H2,2-6H3/b23-22-,27-21+,35-34-,37-36-. The molecule has 0 nitrogen and oxygen atoms in total. The molecule has 0 aliphatic heterocycles. The van der Waals surface area contributed by atoms with Gasteiger partial charge in [-0.05, 0) is 79.1 Å². The highest BCUT2D eigenvalue weighted by molar-refractivity contribution is 5.55. The molecule has 0 rings (SSSR count). The highest BCUT2D eigenvalue weighted by atomic mass is 19.2. The first-order valence-electron chi connectivity index (χ1n) is 14.3. The summed E-state index contributed by atoms with van der Waals surface area (Å²) < 4.78 is 59.1. The molecule has 0 aliphatic carbocycles. The third-order valence-electron chi connectivity index (χ3n) is 7.33. The molecule has 0 aromatic carbocycles. The smallest absolute Gasteiger partial charge is 0.166 e. The van der Waals surface area contributed by atoms with Crippen LogP contribution in [0.1, 0.15) is 79.6 Å². The van der Waals surface area contributed by atoms with Gasteiger partial charge >= 0.3 is 0 Å². The summed E-state index contributed by atoms with van der Waals surface area (Å²) in [4.78, 5) is 0. The van der Waals surface area contributed by atoms with E-state index in [9.17, 15) is 17.6 Å². The second-order valence-corrected chi connectivity index (χ2v) is 11.3. The molecule has 4 heteroatoms. The summed E-state index contributed by atoms with van der Waals surface area (Å²) >= 11 is 0. The number of unbranched alkanes of at least 4 members (excludes halogenated alkanes) is 2. The van der Waals surface area contributed by atoms with Crippen LogP contribution in [0.4, 0.5) is 17.6 Å². The summed E-state index contributed by atoms with van der Waals surface area (Å²) in [5.74, 6) is -3.01. The van der Waals surface area contributed by atoms with Gasteiger partial charge in [0.15, 0.2) is 23.3 Å². The summed E-state index contributed by atoms with van der Waals surface area (Å²) in [7, 11) is 0. The van der Waals surface area contributed by atoms with Crippen molar-refractivity contribution in [3.63, 3.8) is 0 Å². The third kappa shape index (κ3) is 13.4. The number of halogens is 4. The molecule has 0 amide bonds. The van der Waals surface area contributed by atoms with Gasteiger partial charge in [0.05, 0.1) is 0 Å². The highest BCUT2D eigenvalue weighted by Crippen LogP contribution is 2.32. The Kier molecular flexibility index (Phi) is 17.6. The van der Waals surface area contributed by atoms with Gasteiger partial charge in [-0.3, -0.25) is 0 Å². The lowest BCUT2D eigenvalue weighted by Crippen LogP contribution is -2.08. The number of hydrogen-bond acceptors (Lipinski definition) is 0. The summed E-state index contributed by atoms with van der Waals surface area (Å²) in [6, 6.07) is 0. The fourth-order valence-electron chi connectivity index (χ4n) is 3.75. The molecular weight excluding hydrogens is 520 g/mol.